The minimum Gasteiger partial charge on any atom is -0.330 e. The molecule has 0 unspecified atom stereocenters. The molecule has 0 bridgehead atoms. The Balaban J connectivity index is 1.98. The molecule has 4 aromatic rings. The van der Waals surface area contributed by atoms with E-state index < -0.39 is 15.8 Å². The van der Waals surface area contributed by atoms with Crippen molar-refractivity contribution in [2.45, 2.75) is 17.9 Å². The van der Waals surface area contributed by atoms with E-state index in [0.717, 1.165) is 9.54 Å². The molecule has 0 aliphatic heterocycles. The summed E-state index contributed by atoms with van der Waals surface area (Å²) in [6.45, 7) is 0.457. The van der Waals surface area contributed by atoms with E-state index in [-0.39, 0.29) is 10.2 Å². The maximum absolute atomic E-state index is 13.7. The second-order valence-corrected chi connectivity index (χ2v) is 8.73. The molecule has 3 aromatic heterocycles. The van der Waals surface area contributed by atoms with Crippen LogP contribution in [0.15, 0.2) is 41.0 Å². The van der Waals surface area contributed by atoms with Gasteiger partial charge < -0.3 is 5.73 Å². The molecule has 6 nitrogen and oxygen atoms in total. The predicted octanol–water partition coefficient (Wildman–Crippen LogP) is 3.27. The number of aromatic nitrogens is 3. The number of benzene rings is 1. The summed E-state index contributed by atoms with van der Waals surface area (Å²) in [7, 11) is -4.03. The standard InChI is InChI=1S/C16H14ClFN4O2S2/c17-14-15(21-6-7-25-16(21)20-14)26(23,24)22-9-10(2-1-5-19)12-8-11(18)3-4-13(12)22/h3-4,6-9H,1-2,5,19H2. The number of thiazole rings is 1. The number of hydrogen-bond donors (Lipinski definition) is 1. The van der Waals surface area contributed by atoms with Crippen LogP contribution in [0.2, 0.25) is 5.15 Å². The third-order valence-electron chi connectivity index (χ3n) is 4.15. The number of rotatable bonds is 5. The molecule has 0 amide bonds. The van der Waals surface area contributed by atoms with Gasteiger partial charge in [-0.2, -0.15) is 8.42 Å². The summed E-state index contributed by atoms with van der Waals surface area (Å²) >= 11 is 7.40. The SMILES string of the molecule is NCCCc1cn(S(=O)(=O)c2c(Cl)nc3sccn23)c2ccc(F)cc12. The summed E-state index contributed by atoms with van der Waals surface area (Å²) in [4.78, 5) is 4.58. The molecule has 4 rings (SSSR count). The van der Waals surface area contributed by atoms with E-state index in [2.05, 4.69) is 4.98 Å². The third-order valence-corrected chi connectivity index (χ3v) is 6.98. The number of nitrogens with zero attached hydrogens (tertiary/aromatic N) is 3. The van der Waals surface area contributed by atoms with Crippen LogP contribution in [0.1, 0.15) is 12.0 Å². The molecule has 0 saturated carbocycles. The number of imidazole rings is 1. The first kappa shape index (κ1) is 17.5. The van der Waals surface area contributed by atoms with Crippen LogP contribution in [0, 0.1) is 5.82 Å². The summed E-state index contributed by atoms with van der Waals surface area (Å²) in [5.41, 5.74) is 6.67. The lowest BCUT2D eigenvalue weighted by atomic mass is 10.1. The van der Waals surface area contributed by atoms with Crippen molar-refractivity contribution in [1.82, 2.24) is 13.4 Å². The van der Waals surface area contributed by atoms with Crippen molar-refractivity contribution in [3.63, 3.8) is 0 Å². The van der Waals surface area contributed by atoms with Crippen molar-refractivity contribution in [2.75, 3.05) is 6.54 Å². The van der Waals surface area contributed by atoms with Gasteiger partial charge in [0.25, 0.3) is 10.0 Å². The van der Waals surface area contributed by atoms with E-state index >= 15 is 0 Å². The van der Waals surface area contributed by atoms with Crippen LogP contribution >= 0.6 is 22.9 Å². The molecule has 0 radical (unpaired) electrons. The summed E-state index contributed by atoms with van der Waals surface area (Å²) in [6.07, 6.45) is 4.33. The Morgan fingerprint density at radius 3 is 2.92 bits per heavy atom. The largest absolute Gasteiger partial charge is 0.330 e. The quantitative estimate of drug-likeness (QED) is 0.545. The van der Waals surface area contributed by atoms with E-state index in [4.69, 9.17) is 17.3 Å². The highest BCUT2D eigenvalue weighted by Crippen LogP contribution is 2.31. The van der Waals surface area contributed by atoms with Gasteiger partial charge >= 0.3 is 0 Å². The minimum absolute atomic E-state index is 0.0932. The normalized spacial score (nSPS) is 12.4. The molecule has 0 atom stereocenters. The van der Waals surface area contributed by atoms with Crippen molar-refractivity contribution < 1.29 is 12.8 Å². The van der Waals surface area contributed by atoms with Crippen molar-refractivity contribution in [2.24, 2.45) is 5.73 Å². The van der Waals surface area contributed by atoms with Crippen LogP contribution < -0.4 is 5.73 Å². The Labute approximate surface area is 157 Å². The van der Waals surface area contributed by atoms with E-state index in [1.54, 1.807) is 11.6 Å². The molecule has 0 fully saturated rings. The predicted molar refractivity (Wildman–Crippen MR) is 99.9 cm³/mol. The number of halogens is 2. The molecule has 10 heteroatoms. The highest BCUT2D eigenvalue weighted by molar-refractivity contribution is 7.90. The van der Waals surface area contributed by atoms with Crippen molar-refractivity contribution in [1.29, 1.82) is 0 Å². The highest BCUT2D eigenvalue weighted by Gasteiger charge is 2.29. The van der Waals surface area contributed by atoms with Crippen molar-refractivity contribution in [3.8, 4) is 0 Å². The Kier molecular flexibility index (Phi) is 4.26. The summed E-state index contributed by atoms with van der Waals surface area (Å²) in [5, 5.41) is 2.07. The van der Waals surface area contributed by atoms with Crippen LogP contribution in [0.3, 0.4) is 0 Å². The van der Waals surface area contributed by atoms with Gasteiger partial charge in [0.1, 0.15) is 5.82 Å². The van der Waals surface area contributed by atoms with Crippen LogP contribution in [-0.4, -0.2) is 28.3 Å². The van der Waals surface area contributed by atoms with Crippen molar-refractivity contribution in [3.05, 3.63) is 52.5 Å². The number of fused-ring (bicyclic) bond motifs is 2. The van der Waals surface area contributed by atoms with Gasteiger partial charge in [-0.05, 0) is 43.1 Å². The first-order valence-corrected chi connectivity index (χ1v) is 10.5. The van der Waals surface area contributed by atoms with Gasteiger partial charge in [0.05, 0.1) is 5.52 Å². The van der Waals surface area contributed by atoms with Gasteiger partial charge in [0, 0.05) is 23.2 Å². The maximum Gasteiger partial charge on any atom is 0.287 e. The fraction of sp³-hybridized carbons (Fsp3) is 0.188. The Hall–Kier alpha value is -1.94. The van der Waals surface area contributed by atoms with Crippen LogP contribution in [0.25, 0.3) is 15.9 Å². The smallest absolute Gasteiger partial charge is 0.287 e. The summed E-state index contributed by atoms with van der Waals surface area (Å²) in [6, 6.07) is 4.03. The lowest BCUT2D eigenvalue weighted by molar-refractivity contribution is 0.584. The second-order valence-electron chi connectivity index (χ2n) is 5.77. The summed E-state index contributed by atoms with van der Waals surface area (Å²) < 4.78 is 42.9. The molecule has 0 aliphatic rings. The molecule has 3 heterocycles. The van der Waals surface area contributed by atoms with Gasteiger partial charge in [-0.1, -0.05) is 11.6 Å². The van der Waals surface area contributed by atoms with Gasteiger partial charge in [-0.3, -0.25) is 4.40 Å². The molecule has 0 spiro atoms. The topological polar surface area (TPSA) is 82.4 Å². The summed E-state index contributed by atoms with van der Waals surface area (Å²) in [5.74, 6) is -0.427. The molecule has 136 valence electrons. The molecular formula is C16H14ClFN4O2S2. The molecular weight excluding hydrogens is 399 g/mol. The Morgan fingerprint density at radius 1 is 1.35 bits per heavy atom. The number of aryl methyl sites for hydroxylation is 1. The van der Waals surface area contributed by atoms with E-state index in [0.29, 0.717) is 35.3 Å². The minimum atomic E-state index is -4.03. The third kappa shape index (κ3) is 2.62. The van der Waals surface area contributed by atoms with E-state index in [1.165, 1.54) is 40.1 Å². The molecule has 0 saturated heterocycles. The first-order valence-electron chi connectivity index (χ1n) is 7.79. The maximum atomic E-state index is 13.7. The van der Waals surface area contributed by atoms with Gasteiger partial charge in [-0.15, -0.1) is 11.3 Å². The lowest BCUT2D eigenvalue weighted by Crippen LogP contribution is -2.14. The van der Waals surface area contributed by atoms with Crippen LogP contribution in [0.4, 0.5) is 4.39 Å². The van der Waals surface area contributed by atoms with Crippen LogP contribution in [-0.2, 0) is 16.4 Å². The highest BCUT2D eigenvalue weighted by atomic mass is 35.5. The van der Waals surface area contributed by atoms with E-state index in [1.807, 2.05) is 0 Å². The molecule has 26 heavy (non-hydrogen) atoms. The zero-order valence-electron chi connectivity index (χ0n) is 13.4. The molecule has 1 aromatic carbocycles. The van der Waals surface area contributed by atoms with E-state index in [9.17, 15) is 12.8 Å². The Bertz CT molecular complexity index is 1230. The van der Waals surface area contributed by atoms with Crippen molar-refractivity contribution >= 4 is 48.8 Å². The molecule has 0 aliphatic carbocycles. The zero-order valence-corrected chi connectivity index (χ0v) is 15.8. The van der Waals surface area contributed by atoms with Gasteiger partial charge in [-0.25, -0.2) is 13.3 Å². The average molecular weight is 413 g/mol. The Morgan fingerprint density at radius 2 is 2.15 bits per heavy atom. The fourth-order valence-corrected chi connectivity index (χ4v) is 5.80. The average Bonchev–Trinajstić information content (AvgIpc) is 3.25. The zero-order chi connectivity index (χ0) is 18.5. The first-order chi connectivity index (χ1) is 12.4. The number of hydrogen-bond acceptors (Lipinski definition) is 5. The lowest BCUT2D eigenvalue weighted by Gasteiger charge is -2.07. The van der Waals surface area contributed by atoms with Gasteiger partial charge in [0.2, 0.25) is 5.03 Å². The number of nitrogens with two attached hydrogens (primary N) is 1. The van der Waals surface area contributed by atoms with Gasteiger partial charge in [0.15, 0.2) is 10.1 Å². The monoisotopic (exact) mass is 412 g/mol. The fourth-order valence-electron chi connectivity index (χ4n) is 2.99. The second kappa shape index (κ2) is 6.34. The molecule has 2 N–H and O–H groups in total. The van der Waals surface area contributed by atoms with Crippen LogP contribution in [0.5, 0.6) is 0 Å².